The van der Waals surface area contributed by atoms with Crippen LogP contribution in [0.2, 0.25) is 0 Å². The monoisotopic (exact) mass is 291 g/mol. The minimum absolute atomic E-state index is 0.373. The van der Waals surface area contributed by atoms with E-state index in [1.54, 1.807) is 18.1 Å². The van der Waals surface area contributed by atoms with E-state index in [0.717, 1.165) is 24.6 Å². The number of ether oxygens (including phenoxy) is 1. The number of aromatic nitrogens is 5. The van der Waals surface area contributed by atoms with Crippen molar-refractivity contribution >= 4 is 11.6 Å². The zero-order valence-corrected chi connectivity index (χ0v) is 12.6. The number of methoxy groups -OCH3 is 1. The fraction of sp³-hybridized carbons (Fsp3) is 0.538. The van der Waals surface area contributed by atoms with Gasteiger partial charge in [0.2, 0.25) is 0 Å². The van der Waals surface area contributed by atoms with Crippen LogP contribution in [0.25, 0.3) is 0 Å². The first-order valence-corrected chi connectivity index (χ1v) is 6.90. The molecule has 0 saturated carbocycles. The van der Waals surface area contributed by atoms with Gasteiger partial charge in [0.05, 0.1) is 6.54 Å². The molecule has 0 spiro atoms. The maximum Gasteiger partial charge on any atom is 0.169 e. The summed E-state index contributed by atoms with van der Waals surface area (Å²) in [5, 5.41) is 10.7. The Morgan fingerprint density at radius 1 is 1.19 bits per heavy atom. The van der Waals surface area contributed by atoms with Gasteiger partial charge in [0.1, 0.15) is 24.6 Å². The van der Waals surface area contributed by atoms with Gasteiger partial charge in [0, 0.05) is 26.8 Å². The van der Waals surface area contributed by atoms with Crippen LogP contribution in [0.3, 0.4) is 0 Å². The van der Waals surface area contributed by atoms with Crippen molar-refractivity contribution in [1.82, 2.24) is 24.7 Å². The van der Waals surface area contributed by atoms with Gasteiger partial charge in [0.25, 0.3) is 0 Å². The average Bonchev–Trinajstić information content (AvgIpc) is 2.89. The molecule has 2 heterocycles. The molecule has 0 fully saturated rings. The predicted octanol–water partition coefficient (Wildman–Crippen LogP) is 1.19. The quantitative estimate of drug-likeness (QED) is 0.755. The Balaban J connectivity index is 2.07. The van der Waals surface area contributed by atoms with E-state index < -0.39 is 0 Å². The van der Waals surface area contributed by atoms with E-state index in [1.165, 1.54) is 0 Å². The smallest absolute Gasteiger partial charge is 0.169 e. The number of anilines is 2. The highest BCUT2D eigenvalue weighted by molar-refractivity contribution is 5.47. The largest absolute Gasteiger partial charge is 0.377 e. The highest BCUT2D eigenvalue weighted by atomic mass is 16.5. The van der Waals surface area contributed by atoms with Crippen molar-refractivity contribution in [3.63, 3.8) is 0 Å². The maximum absolute atomic E-state index is 5.10. The fourth-order valence-corrected chi connectivity index (χ4v) is 1.76. The van der Waals surface area contributed by atoms with E-state index in [9.17, 15) is 0 Å². The van der Waals surface area contributed by atoms with E-state index in [-0.39, 0.29) is 0 Å². The number of aryl methyl sites for hydroxylation is 1. The number of nitrogens with one attached hydrogen (secondary N) is 2. The minimum atomic E-state index is 0.373. The molecule has 0 unspecified atom stereocenters. The second kappa shape index (κ2) is 7.53. The molecule has 2 N–H and O–H groups in total. The van der Waals surface area contributed by atoms with E-state index in [4.69, 9.17) is 4.74 Å². The molecule has 0 atom stereocenters. The second-order valence-electron chi connectivity index (χ2n) is 4.60. The minimum Gasteiger partial charge on any atom is -0.377 e. The van der Waals surface area contributed by atoms with E-state index in [0.29, 0.717) is 24.8 Å². The van der Waals surface area contributed by atoms with Crippen molar-refractivity contribution in [2.45, 2.75) is 26.5 Å². The SMILES string of the molecule is CCCNc1cc(NCc2ncn(C)n2)nc(COC)n1. The van der Waals surface area contributed by atoms with Crippen molar-refractivity contribution in [2.24, 2.45) is 7.05 Å². The van der Waals surface area contributed by atoms with Crippen molar-refractivity contribution < 1.29 is 4.74 Å². The summed E-state index contributed by atoms with van der Waals surface area (Å²) in [6, 6.07) is 1.87. The molecule has 8 nitrogen and oxygen atoms in total. The molecule has 21 heavy (non-hydrogen) atoms. The highest BCUT2D eigenvalue weighted by Gasteiger charge is 2.06. The number of rotatable bonds is 8. The van der Waals surface area contributed by atoms with E-state index in [1.807, 2.05) is 13.1 Å². The van der Waals surface area contributed by atoms with Crippen LogP contribution >= 0.6 is 0 Å². The van der Waals surface area contributed by atoms with Crippen molar-refractivity contribution in [3.05, 3.63) is 24.0 Å². The van der Waals surface area contributed by atoms with Gasteiger partial charge < -0.3 is 15.4 Å². The molecule has 2 rings (SSSR count). The van der Waals surface area contributed by atoms with Gasteiger partial charge in [0.15, 0.2) is 11.6 Å². The van der Waals surface area contributed by atoms with Gasteiger partial charge in [-0.1, -0.05) is 6.92 Å². The lowest BCUT2D eigenvalue weighted by Crippen LogP contribution is -2.10. The van der Waals surface area contributed by atoms with E-state index >= 15 is 0 Å². The van der Waals surface area contributed by atoms with Gasteiger partial charge >= 0.3 is 0 Å². The molecule has 114 valence electrons. The van der Waals surface area contributed by atoms with Crippen LogP contribution in [0.15, 0.2) is 12.4 Å². The van der Waals surface area contributed by atoms with Gasteiger partial charge in [-0.15, -0.1) is 0 Å². The average molecular weight is 291 g/mol. The Kier molecular flexibility index (Phi) is 5.44. The summed E-state index contributed by atoms with van der Waals surface area (Å²) in [6.07, 6.45) is 2.70. The number of hydrogen-bond donors (Lipinski definition) is 2. The predicted molar refractivity (Wildman–Crippen MR) is 79.9 cm³/mol. The third-order valence-corrected chi connectivity index (χ3v) is 2.68. The van der Waals surface area contributed by atoms with Crippen molar-refractivity contribution in [3.8, 4) is 0 Å². The molecule has 0 bridgehead atoms. The fourth-order valence-electron chi connectivity index (χ4n) is 1.76. The standard InChI is InChI=1S/C13H21N7O/c1-4-5-14-10-6-11(18-13(17-10)8-21-3)15-7-12-16-9-20(2)19-12/h6,9H,4-5,7-8H2,1-3H3,(H2,14,15,17,18). The first kappa shape index (κ1) is 15.2. The molecule has 0 saturated heterocycles. The highest BCUT2D eigenvalue weighted by Crippen LogP contribution is 2.12. The van der Waals surface area contributed by atoms with Gasteiger partial charge in [-0.05, 0) is 6.42 Å². The van der Waals surface area contributed by atoms with Crippen LogP contribution in [0.1, 0.15) is 25.0 Å². The Labute approximate surface area is 124 Å². The molecule has 2 aromatic rings. The summed E-state index contributed by atoms with van der Waals surface area (Å²) in [4.78, 5) is 13.0. The second-order valence-corrected chi connectivity index (χ2v) is 4.60. The molecular formula is C13H21N7O. The molecule has 0 aliphatic rings. The van der Waals surface area contributed by atoms with Crippen molar-refractivity contribution in [2.75, 3.05) is 24.3 Å². The molecule has 0 aliphatic carbocycles. The van der Waals surface area contributed by atoms with Gasteiger partial charge in [-0.2, -0.15) is 5.10 Å². The van der Waals surface area contributed by atoms with Crippen LogP contribution in [0, 0.1) is 0 Å². The Hall–Kier alpha value is -2.22. The van der Waals surface area contributed by atoms with Crippen LogP contribution < -0.4 is 10.6 Å². The number of hydrogen-bond acceptors (Lipinski definition) is 7. The third-order valence-electron chi connectivity index (χ3n) is 2.68. The van der Waals surface area contributed by atoms with Crippen LogP contribution in [-0.4, -0.2) is 38.4 Å². The summed E-state index contributed by atoms with van der Waals surface area (Å²) in [7, 11) is 3.46. The first-order chi connectivity index (χ1) is 10.2. The summed E-state index contributed by atoms with van der Waals surface area (Å²) < 4.78 is 6.77. The van der Waals surface area contributed by atoms with Crippen LogP contribution in [0.5, 0.6) is 0 Å². The molecule has 0 aromatic carbocycles. The molecule has 8 heteroatoms. The molecule has 0 radical (unpaired) electrons. The van der Waals surface area contributed by atoms with Crippen LogP contribution in [-0.2, 0) is 24.9 Å². The zero-order chi connectivity index (χ0) is 15.1. The number of nitrogens with zero attached hydrogens (tertiary/aromatic N) is 5. The zero-order valence-electron chi connectivity index (χ0n) is 12.6. The third kappa shape index (κ3) is 4.67. The van der Waals surface area contributed by atoms with Gasteiger partial charge in [-0.3, -0.25) is 4.68 Å². The van der Waals surface area contributed by atoms with Crippen LogP contribution in [0.4, 0.5) is 11.6 Å². The maximum atomic E-state index is 5.10. The lowest BCUT2D eigenvalue weighted by Gasteiger charge is -2.10. The van der Waals surface area contributed by atoms with Crippen molar-refractivity contribution in [1.29, 1.82) is 0 Å². The van der Waals surface area contributed by atoms with Gasteiger partial charge in [-0.25, -0.2) is 15.0 Å². The molecule has 0 aliphatic heterocycles. The molecule has 0 amide bonds. The summed E-state index contributed by atoms with van der Waals surface area (Å²) in [6.45, 7) is 3.86. The Morgan fingerprint density at radius 2 is 1.95 bits per heavy atom. The van der Waals surface area contributed by atoms with E-state index in [2.05, 4.69) is 37.6 Å². The topological polar surface area (TPSA) is 89.8 Å². The lowest BCUT2D eigenvalue weighted by atomic mass is 10.4. The normalized spacial score (nSPS) is 10.6. The summed E-state index contributed by atoms with van der Waals surface area (Å²) in [5.74, 6) is 2.86. The molecule has 2 aromatic heterocycles. The summed E-state index contributed by atoms with van der Waals surface area (Å²) in [5.41, 5.74) is 0. The molecular weight excluding hydrogens is 270 g/mol. The first-order valence-electron chi connectivity index (χ1n) is 6.90. The summed E-state index contributed by atoms with van der Waals surface area (Å²) >= 11 is 0. The Bertz CT molecular complexity index is 569. The Morgan fingerprint density at radius 3 is 2.57 bits per heavy atom. The lowest BCUT2D eigenvalue weighted by molar-refractivity contribution is 0.178.